The average Bonchev–Trinajstić information content (AvgIpc) is 2.71. The molecule has 0 saturated heterocycles. The highest BCUT2D eigenvalue weighted by Gasteiger charge is 2.11. The summed E-state index contributed by atoms with van der Waals surface area (Å²) in [5, 5.41) is 2.78. The van der Waals surface area contributed by atoms with Gasteiger partial charge >= 0.3 is 0 Å². The van der Waals surface area contributed by atoms with Crippen molar-refractivity contribution in [2.45, 2.75) is 20.3 Å². The molecule has 1 amide bonds. The maximum Gasteiger partial charge on any atom is 0.248 e. The third-order valence-electron chi connectivity index (χ3n) is 4.43. The van der Waals surface area contributed by atoms with Gasteiger partial charge in [-0.3, -0.25) is 9.59 Å². The van der Waals surface area contributed by atoms with E-state index in [1.165, 1.54) is 18.5 Å². The first-order chi connectivity index (χ1) is 13.9. The van der Waals surface area contributed by atoms with E-state index in [4.69, 9.17) is 0 Å². The quantitative estimate of drug-likeness (QED) is 0.504. The normalized spacial score (nSPS) is 10.9. The standard InChI is InChI=1S/C23H20FN3O2/c1-15-3-5-17(9-20(15)24)10-22(28)19-7-4-16(2)21(11-19)27-23(29)8-6-18-12-25-14-26-13-18/h3-9,11-14H,10H2,1-2H3,(H,27,29)/b8-6+. The predicted molar refractivity (Wildman–Crippen MR) is 110 cm³/mol. The third kappa shape index (κ3) is 5.42. The van der Waals surface area contributed by atoms with E-state index in [0.717, 1.165) is 5.56 Å². The number of nitrogens with zero attached hydrogens (tertiary/aromatic N) is 2. The predicted octanol–water partition coefficient (Wildman–Crippen LogP) is 4.31. The average molecular weight is 389 g/mol. The Kier molecular flexibility index (Phi) is 6.24. The topological polar surface area (TPSA) is 72.0 Å². The Morgan fingerprint density at radius 3 is 2.48 bits per heavy atom. The Labute approximate surface area is 168 Å². The first-order valence-electron chi connectivity index (χ1n) is 9.05. The van der Waals surface area contributed by atoms with Crippen molar-refractivity contribution in [2.75, 3.05) is 5.32 Å². The highest BCUT2D eigenvalue weighted by Crippen LogP contribution is 2.19. The zero-order valence-electron chi connectivity index (χ0n) is 16.1. The number of anilines is 1. The number of aryl methyl sites for hydroxylation is 2. The Bertz CT molecular complexity index is 1080. The van der Waals surface area contributed by atoms with Gasteiger partial charge in [-0.25, -0.2) is 14.4 Å². The molecule has 0 aliphatic heterocycles. The number of benzene rings is 2. The minimum absolute atomic E-state index is 0.0849. The zero-order chi connectivity index (χ0) is 20.8. The summed E-state index contributed by atoms with van der Waals surface area (Å²) in [6.07, 6.45) is 7.66. The van der Waals surface area contributed by atoms with Crippen LogP contribution in [0.2, 0.25) is 0 Å². The molecule has 0 bridgehead atoms. The molecular weight excluding hydrogens is 369 g/mol. The molecule has 0 atom stereocenters. The Hall–Kier alpha value is -3.67. The van der Waals surface area contributed by atoms with Crippen LogP contribution in [0.4, 0.5) is 10.1 Å². The summed E-state index contributed by atoms with van der Waals surface area (Å²) < 4.78 is 13.7. The minimum atomic E-state index is -0.331. The van der Waals surface area contributed by atoms with Gasteiger partial charge in [0.05, 0.1) is 0 Å². The van der Waals surface area contributed by atoms with Crippen molar-refractivity contribution < 1.29 is 14.0 Å². The fraction of sp³-hybridized carbons (Fsp3) is 0.130. The summed E-state index contributed by atoms with van der Waals surface area (Å²) >= 11 is 0. The number of ketones is 1. The van der Waals surface area contributed by atoms with E-state index in [-0.39, 0.29) is 23.9 Å². The van der Waals surface area contributed by atoms with Gasteiger partial charge in [-0.05, 0) is 48.7 Å². The molecule has 2 aromatic carbocycles. The smallest absolute Gasteiger partial charge is 0.248 e. The van der Waals surface area contributed by atoms with Gasteiger partial charge in [0.2, 0.25) is 5.91 Å². The van der Waals surface area contributed by atoms with Crippen molar-refractivity contribution in [1.29, 1.82) is 0 Å². The molecule has 0 fully saturated rings. The van der Waals surface area contributed by atoms with Gasteiger partial charge in [-0.15, -0.1) is 0 Å². The van der Waals surface area contributed by atoms with Crippen LogP contribution in [0.1, 0.15) is 32.6 Å². The summed E-state index contributed by atoms with van der Waals surface area (Å²) in [4.78, 5) is 32.6. The van der Waals surface area contributed by atoms with Crippen LogP contribution in [0.5, 0.6) is 0 Å². The molecule has 0 radical (unpaired) electrons. The molecule has 3 rings (SSSR count). The molecule has 3 aromatic rings. The fourth-order valence-corrected chi connectivity index (χ4v) is 2.71. The van der Waals surface area contributed by atoms with E-state index in [2.05, 4.69) is 15.3 Å². The second-order valence-electron chi connectivity index (χ2n) is 6.71. The fourth-order valence-electron chi connectivity index (χ4n) is 2.71. The molecular formula is C23H20FN3O2. The van der Waals surface area contributed by atoms with Gasteiger partial charge in [0.15, 0.2) is 5.78 Å². The lowest BCUT2D eigenvalue weighted by Gasteiger charge is -2.09. The zero-order valence-corrected chi connectivity index (χ0v) is 16.1. The monoisotopic (exact) mass is 389 g/mol. The van der Waals surface area contributed by atoms with Crippen molar-refractivity contribution in [3.05, 3.63) is 94.8 Å². The highest BCUT2D eigenvalue weighted by molar-refractivity contribution is 6.04. The summed E-state index contributed by atoms with van der Waals surface area (Å²) in [6.45, 7) is 3.52. The van der Waals surface area contributed by atoms with Crippen LogP contribution in [-0.2, 0) is 11.2 Å². The van der Waals surface area contributed by atoms with Gasteiger partial charge in [0.25, 0.3) is 0 Å². The molecule has 0 unspecified atom stereocenters. The molecule has 0 aliphatic rings. The van der Waals surface area contributed by atoms with Gasteiger partial charge in [0.1, 0.15) is 12.1 Å². The van der Waals surface area contributed by atoms with E-state index >= 15 is 0 Å². The van der Waals surface area contributed by atoms with E-state index < -0.39 is 0 Å². The molecule has 5 nitrogen and oxygen atoms in total. The first-order valence-corrected chi connectivity index (χ1v) is 9.05. The lowest BCUT2D eigenvalue weighted by Crippen LogP contribution is -2.11. The SMILES string of the molecule is Cc1ccc(CC(=O)c2ccc(C)c(NC(=O)/C=C/c3cncnc3)c2)cc1F. The van der Waals surface area contributed by atoms with Gasteiger partial charge in [-0.2, -0.15) is 0 Å². The Balaban J connectivity index is 1.71. The number of amides is 1. The largest absolute Gasteiger partial charge is 0.322 e. The number of aromatic nitrogens is 2. The molecule has 146 valence electrons. The van der Waals surface area contributed by atoms with Gasteiger partial charge in [0, 0.05) is 41.7 Å². The number of halogens is 1. The summed E-state index contributed by atoms with van der Waals surface area (Å²) in [6, 6.07) is 9.89. The summed E-state index contributed by atoms with van der Waals surface area (Å²) in [7, 11) is 0. The molecule has 1 aromatic heterocycles. The molecule has 0 saturated carbocycles. The van der Waals surface area contributed by atoms with Crippen molar-refractivity contribution in [3.63, 3.8) is 0 Å². The number of Topliss-reactive ketones (excluding diaryl/α,β-unsaturated/α-hetero) is 1. The number of hydrogen-bond acceptors (Lipinski definition) is 4. The second kappa shape index (κ2) is 9.01. The Morgan fingerprint density at radius 2 is 1.76 bits per heavy atom. The van der Waals surface area contributed by atoms with Crippen molar-refractivity contribution >= 4 is 23.5 Å². The molecule has 1 heterocycles. The molecule has 0 spiro atoms. The molecule has 1 N–H and O–H groups in total. The molecule has 0 aliphatic carbocycles. The van der Waals surface area contributed by atoms with Crippen LogP contribution < -0.4 is 5.32 Å². The van der Waals surface area contributed by atoms with Crippen LogP contribution in [0.25, 0.3) is 6.08 Å². The second-order valence-corrected chi connectivity index (χ2v) is 6.71. The number of carbonyl (C=O) groups is 2. The summed E-state index contributed by atoms with van der Waals surface area (Å²) in [5.41, 5.74) is 3.67. The van der Waals surface area contributed by atoms with Crippen LogP contribution in [0.15, 0.2) is 61.2 Å². The van der Waals surface area contributed by atoms with Crippen molar-refractivity contribution in [2.24, 2.45) is 0 Å². The van der Waals surface area contributed by atoms with Gasteiger partial charge in [-0.1, -0.05) is 24.3 Å². The van der Waals surface area contributed by atoms with Crippen molar-refractivity contribution in [3.8, 4) is 0 Å². The maximum absolute atomic E-state index is 13.7. The van der Waals surface area contributed by atoms with Gasteiger partial charge < -0.3 is 5.32 Å². The van der Waals surface area contributed by atoms with Crippen LogP contribution in [-0.4, -0.2) is 21.7 Å². The van der Waals surface area contributed by atoms with E-state index in [9.17, 15) is 14.0 Å². The lowest BCUT2D eigenvalue weighted by molar-refractivity contribution is -0.111. The number of hydrogen-bond donors (Lipinski definition) is 1. The summed E-state index contributed by atoms with van der Waals surface area (Å²) in [5.74, 6) is -0.814. The third-order valence-corrected chi connectivity index (χ3v) is 4.43. The highest BCUT2D eigenvalue weighted by atomic mass is 19.1. The van der Waals surface area contributed by atoms with Crippen LogP contribution >= 0.6 is 0 Å². The number of nitrogens with one attached hydrogen (secondary N) is 1. The van der Waals surface area contributed by atoms with Crippen LogP contribution in [0.3, 0.4) is 0 Å². The minimum Gasteiger partial charge on any atom is -0.322 e. The lowest BCUT2D eigenvalue weighted by atomic mass is 10.00. The van der Waals surface area contributed by atoms with Crippen LogP contribution in [0, 0.1) is 19.7 Å². The Morgan fingerprint density at radius 1 is 1.03 bits per heavy atom. The number of carbonyl (C=O) groups excluding carboxylic acids is 2. The number of rotatable bonds is 6. The molecule has 6 heteroatoms. The van der Waals surface area contributed by atoms with E-state index in [0.29, 0.717) is 27.9 Å². The van der Waals surface area contributed by atoms with E-state index in [1.807, 2.05) is 6.92 Å². The maximum atomic E-state index is 13.7. The van der Waals surface area contributed by atoms with E-state index in [1.54, 1.807) is 55.7 Å². The molecule has 29 heavy (non-hydrogen) atoms. The first kappa shape index (κ1) is 20.1. The van der Waals surface area contributed by atoms with Crippen molar-refractivity contribution in [1.82, 2.24) is 9.97 Å².